The van der Waals surface area contributed by atoms with Crippen LogP contribution in [0, 0.1) is 0 Å². The van der Waals surface area contributed by atoms with Gasteiger partial charge < -0.3 is 14.6 Å². The lowest BCUT2D eigenvalue weighted by molar-refractivity contribution is -0.625. The molecule has 0 unspecified atom stereocenters. The van der Waals surface area contributed by atoms with Crippen molar-refractivity contribution in [3.05, 3.63) is 88.9 Å². The van der Waals surface area contributed by atoms with E-state index < -0.39 is 12.6 Å². The van der Waals surface area contributed by atoms with Crippen LogP contribution in [0.2, 0.25) is 0 Å². The van der Waals surface area contributed by atoms with E-state index in [1.165, 1.54) is 18.0 Å². The number of nitrogens with zero attached hydrogens (tertiary/aromatic N) is 3. The smallest absolute Gasteiger partial charge is 0.342 e. The molecule has 3 aromatic carbocycles. The highest BCUT2D eigenvalue weighted by Crippen LogP contribution is 2.22. The number of halogens is 1. The largest absolute Gasteiger partial charge is 0.546 e. The third-order valence-corrected chi connectivity index (χ3v) is 6.26. The van der Waals surface area contributed by atoms with Crippen LogP contribution in [0.1, 0.15) is 5.56 Å². The number of ether oxygens (including phenoxy) is 1. The number of aromatic amines is 1. The molecule has 0 fully saturated rings. The summed E-state index contributed by atoms with van der Waals surface area (Å²) in [5.74, 6) is -0.506. The molecule has 0 aliphatic rings. The molecule has 2 N–H and O–H groups in total. The quantitative estimate of drug-likeness (QED) is 0.132. The van der Waals surface area contributed by atoms with E-state index in [-0.39, 0.29) is 11.7 Å². The molecule has 0 bridgehead atoms. The SMILES string of the molecule is O=C([O-])COc1ccccc1C=NNC(=O)CSc1n[nH]c(-c2ccc(Br)cc2)[n+]1-c1ccccc1. The molecule has 0 spiro atoms. The summed E-state index contributed by atoms with van der Waals surface area (Å²) in [5.41, 5.74) is 4.83. The van der Waals surface area contributed by atoms with Gasteiger partial charge in [0.25, 0.3) is 11.7 Å². The Morgan fingerprint density at radius 3 is 2.56 bits per heavy atom. The molecular weight excluding hydrogens is 546 g/mol. The molecular formula is C25H20BrN5O4S. The highest BCUT2D eigenvalue weighted by atomic mass is 79.9. The normalized spacial score (nSPS) is 10.9. The van der Waals surface area contributed by atoms with Gasteiger partial charge in [0.2, 0.25) is 0 Å². The Bertz CT molecular complexity index is 1380. The third-order valence-electron chi connectivity index (χ3n) is 4.79. The van der Waals surface area contributed by atoms with Crippen LogP contribution in [-0.4, -0.2) is 40.6 Å². The molecule has 0 atom stereocenters. The summed E-state index contributed by atoms with van der Waals surface area (Å²) in [6.45, 7) is -0.582. The molecule has 182 valence electrons. The number of carboxylic acids is 1. The highest BCUT2D eigenvalue weighted by molar-refractivity contribution is 9.10. The number of carboxylic acid groups (broad SMARTS) is 1. The molecule has 11 heteroatoms. The van der Waals surface area contributed by atoms with Gasteiger partial charge in [-0.2, -0.15) is 9.67 Å². The maximum atomic E-state index is 12.5. The summed E-state index contributed by atoms with van der Waals surface area (Å²) >= 11 is 4.71. The minimum atomic E-state index is -1.33. The van der Waals surface area contributed by atoms with Crippen LogP contribution >= 0.6 is 27.7 Å². The Balaban J connectivity index is 1.45. The van der Waals surface area contributed by atoms with Crippen molar-refractivity contribution < 1.29 is 24.0 Å². The maximum absolute atomic E-state index is 12.5. The monoisotopic (exact) mass is 565 g/mol. The molecule has 1 amide bonds. The van der Waals surface area contributed by atoms with Crippen molar-refractivity contribution in [3.8, 4) is 22.8 Å². The summed E-state index contributed by atoms with van der Waals surface area (Å²) in [6, 6.07) is 24.3. The fraction of sp³-hybridized carbons (Fsp3) is 0.0800. The van der Waals surface area contributed by atoms with Crippen LogP contribution in [0.15, 0.2) is 93.6 Å². The van der Waals surface area contributed by atoms with Gasteiger partial charge in [0.05, 0.1) is 28.6 Å². The van der Waals surface area contributed by atoms with Crippen molar-refractivity contribution in [2.75, 3.05) is 12.4 Å². The first-order chi connectivity index (χ1) is 17.5. The second-order valence-corrected chi connectivity index (χ2v) is 9.17. The first-order valence-corrected chi connectivity index (χ1v) is 12.5. The number of thioether (sulfide) groups is 1. The van der Waals surface area contributed by atoms with Crippen LogP contribution in [0.5, 0.6) is 5.75 Å². The van der Waals surface area contributed by atoms with Gasteiger partial charge in [-0.25, -0.2) is 5.43 Å². The van der Waals surface area contributed by atoms with E-state index in [2.05, 4.69) is 36.7 Å². The zero-order valence-corrected chi connectivity index (χ0v) is 21.2. The van der Waals surface area contributed by atoms with Gasteiger partial charge >= 0.3 is 5.16 Å². The number of aromatic nitrogens is 3. The standard InChI is InChI=1S/C25H20BrN5O4S/c26-19-12-10-17(11-13-19)24-29-30-25(31(24)20-7-2-1-3-8-20)36-16-22(32)28-27-14-18-6-4-5-9-21(18)35-15-23(33)34/h1-14H,15-16H2,(H2,28,32,33,34). The van der Waals surface area contributed by atoms with Crippen LogP contribution < -0.4 is 19.8 Å². The number of aliphatic carboxylic acids is 1. The highest BCUT2D eigenvalue weighted by Gasteiger charge is 2.24. The Morgan fingerprint density at radius 2 is 1.81 bits per heavy atom. The number of H-pyrrole nitrogens is 1. The minimum absolute atomic E-state index is 0.0671. The number of rotatable bonds is 10. The first kappa shape index (κ1) is 25.1. The number of hydrazone groups is 1. The topological polar surface area (TPSA) is 123 Å². The van der Waals surface area contributed by atoms with Gasteiger partial charge in [-0.05, 0) is 60.3 Å². The van der Waals surface area contributed by atoms with E-state index in [1.807, 2.05) is 59.2 Å². The third kappa shape index (κ3) is 6.58. The lowest BCUT2D eigenvalue weighted by atomic mass is 10.2. The van der Waals surface area contributed by atoms with Crippen molar-refractivity contribution >= 4 is 45.8 Å². The van der Waals surface area contributed by atoms with E-state index in [9.17, 15) is 14.7 Å². The first-order valence-electron chi connectivity index (χ1n) is 10.7. The number of para-hydroxylation sites is 2. The molecule has 1 aromatic heterocycles. The van der Waals surface area contributed by atoms with E-state index in [0.717, 1.165) is 21.5 Å². The minimum Gasteiger partial charge on any atom is -0.546 e. The van der Waals surface area contributed by atoms with Crippen molar-refractivity contribution in [2.45, 2.75) is 5.16 Å². The van der Waals surface area contributed by atoms with Gasteiger partial charge in [0, 0.05) is 10.0 Å². The Hall–Kier alpha value is -3.96. The van der Waals surface area contributed by atoms with E-state index in [1.54, 1.807) is 24.3 Å². The van der Waals surface area contributed by atoms with Crippen molar-refractivity contribution in [3.63, 3.8) is 0 Å². The molecule has 0 saturated carbocycles. The maximum Gasteiger partial charge on any atom is 0.342 e. The summed E-state index contributed by atoms with van der Waals surface area (Å²) in [5, 5.41) is 22.7. The van der Waals surface area contributed by atoms with Crippen molar-refractivity contribution in [2.24, 2.45) is 5.10 Å². The number of amides is 1. The van der Waals surface area contributed by atoms with Crippen LogP contribution in [0.3, 0.4) is 0 Å². The molecule has 0 saturated heterocycles. The van der Waals surface area contributed by atoms with Crippen molar-refractivity contribution in [1.82, 2.24) is 15.6 Å². The lowest BCUT2D eigenvalue weighted by Gasteiger charge is -2.08. The Labute approximate surface area is 219 Å². The van der Waals surface area contributed by atoms with Gasteiger partial charge in [-0.1, -0.05) is 46.3 Å². The zero-order valence-electron chi connectivity index (χ0n) is 18.8. The summed E-state index contributed by atoms with van der Waals surface area (Å²) in [4.78, 5) is 23.1. The summed E-state index contributed by atoms with van der Waals surface area (Å²) < 4.78 is 8.10. The van der Waals surface area contributed by atoms with Gasteiger partial charge in [0.15, 0.2) is 0 Å². The van der Waals surface area contributed by atoms with Crippen molar-refractivity contribution in [1.29, 1.82) is 0 Å². The van der Waals surface area contributed by atoms with Gasteiger partial charge in [-0.3, -0.25) is 4.79 Å². The molecule has 0 aliphatic carbocycles. The van der Waals surface area contributed by atoms with Crippen LogP contribution in [0.4, 0.5) is 0 Å². The molecule has 4 rings (SSSR count). The number of hydrogen-bond donors (Lipinski definition) is 2. The number of hydrogen-bond acceptors (Lipinski definition) is 7. The van der Waals surface area contributed by atoms with Crippen LogP contribution in [-0.2, 0) is 9.59 Å². The van der Waals surface area contributed by atoms with Crippen LogP contribution in [0.25, 0.3) is 17.1 Å². The predicted molar refractivity (Wildman–Crippen MR) is 137 cm³/mol. The Morgan fingerprint density at radius 1 is 1.08 bits per heavy atom. The van der Waals surface area contributed by atoms with E-state index in [4.69, 9.17) is 4.74 Å². The molecule has 1 heterocycles. The lowest BCUT2D eigenvalue weighted by Crippen LogP contribution is -2.34. The molecule has 9 nitrogen and oxygen atoms in total. The summed E-state index contributed by atoms with van der Waals surface area (Å²) in [6.07, 6.45) is 1.39. The zero-order chi connectivity index (χ0) is 25.3. The van der Waals surface area contributed by atoms with Gasteiger partial charge in [0.1, 0.15) is 18.0 Å². The number of carbonyl (C=O) groups is 2. The molecule has 4 aromatic rings. The number of nitrogens with one attached hydrogen (secondary N) is 2. The predicted octanol–water partition coefficient (Wildman–Crippen LogP) is 2.49. The van der Waals surface area contributed by atoms with E-state index >= 15 is 0 Å². The molecule has 0 radical (unpaired) electrons. The average molecular weight is 566 g/mol. The summed E-state index contributed by atoms with van der Waals surface area (Å²) in [7, 11) is 0. The number of carbonyl (C=O) groups excluding carboxylic acids is 2. The fourth-order valence-electron chi connectivity index (χ4n) is 3.20. The van der Waals surface area contributed by atoms with Gasteiger partial charge in [-0.15, -0.1) is 5.10 Å². The average Bonchev–Trinajstić information content (AvgIpc) is 3.32. The second-order valence-electron chi connectivity index (χ2n) is 7.31. The fourth-order valence-corrected chi connectivity index (χ4v) is 4.23. The Kier molecular flexibility index (Phi) is 8.48. The molecule has 0 aliphatic heterocycles. The second kappa shape index (κ2) is 12.1. The molecule has 36 heavy (non-hydrogen) atoms. The number of benzene rings is 3. The van der Waals surface area contributed by atoms with E-state index in [0.29, 0.717) is 16.5 Å².